The molecule has 2 aliphatic rings. The van der Waals surface area contributed by atoms with Crippen molar-refractivity contribution in [1.29, 1.82) is 0 Å². The fourth-order valence-electron chi connectivity index (χ4n) is 4.57. The standard InChI is InChI=1S/C23H27N3O5S3/c1-30-18-8-2-9-19-21(18)24-23(33-19)26(15-17-7-4-12-31-17)22(27)16-6-3-11-25(14-16)34(28,29)20-10-5-13-32-20/h2,5,8-10,13,16-17H,3-4,6-7,11-12,14-15H2,1H3. The molecule has 2 aromatic heterocycles. The highest BCUT2D eigenvalue weighted by Crippen LogP contribution is 2.36. The number of piperidine rings is 1. The third-order valence-electron chi connectivity index (χ3n) is 6.32. The number of carbonyl (C=O) groups is 1. The number of aromatic nitrogens is 1. The highest BCUT2D eigenvalue weighted by Gasteiger charge is 2.37. The maximum Gasteiger partial charge on any atom is 0.252 e. The average Bonchev–Trinajstić information content (AvgIpc) is 3.63. The number of amides is 1. The maximum atomic E-state index is 13.9. The average molecular weight is 522 g/mol. The topological polar surface area (TPSA) is 89.0 Å². The van der Waals surface area contributed by atoms with Gasteiger partial charge in [-0.3, -0.25) is 9.69 Å². The monoisotopic (exact) mass is 521 g/mol. The van der Waals surface area contributed by atoms with Crippen LogP contribution in [0.25, 0.3) is 10.2 Å². The van der Waals surface area contributed by atoms with E-state index >= 15 is 0 Å². The molecule has 2 saturated heterocycles. The van der Waals surface area contributed by atoms with E-state index in [1.54, 1.807) is 29.5 Å². The van der Waals surface area contributed by atoms with Crippen LogP contribution in [-0.4, -0.2) is 63.1 Å². The zero-order valence-corrected chi connectivity index (χ0v) is 21.3. The number of benzene rings is 1. The number of rotatable bonds is 7. The van der Waals surface area contributed by atoms with Gasteiger partial charge in [-0.2, -0.15) is 4.31 Å². The number of carbonyl (C=O) groups excluding carboxylic acids is 1. The predicted octanol–water partition coefficient (Wildman–Crippen LogP) is 3.98. The summed E-state index contributed by atoms with van der Waals surface area (Å²) in [5.74, 6) is 0.133. The van der Waals surface area contributed by atoms with Crippen LogP contribution in [0.1, 0.15) is 25.7 Å². The lowest BCUT2D eigenvalue weighted by Crippen LogP contribution is -2.48. The Kier molecular flexibility index (Phi) is 6.90. The van der Waals surface area contributed by atoms with Gasteiger partial charge in [0.2, 0.25) is 5.91 Å². The predicted molar refractivity (Wildman–Crippen MR) is 133 cm³/mol. The van der Waals surface area contributed by atoms with E-state index in [2.05, 4.69) is 0 Å². The SMILES string of the molecule is COc1cccc2sc(N(CC3CCCO3)C(=O)C3CCCN(S(=O)(=O)c4cccs4)C3)nc12. The first-order valence-corrected chi connectivity index (χ1v) is 14.5. The van der Waals surface area contributed by atoms with E-state index in [4.69, 9.17) is 14.5 Å². The van der Waals surface area contributed by atoms with Crippen LogP contribution in [0.15, 0.2) is 39.9 Å². The molecule has 5 rings (SSSR count). The van der Waals surface area contributed by atoms with Crippen LogP contribution in [0.2, 0.25) is 0 Å². The summed E-state index contributed by atoms with van der Waals surface area (Å²) in [6.07, 6.45) is 3.10. The molecule has 0 N–H and O–H groups in total. The van der Waals surface area contributed by atoms with Crippen molar-refractivity contribution in [1.82, 2.24) is 9.29 Å². The summed E-state index contributed by atoms with van der Waals surface area (Å²) in [4.78, 5) is 20.3. The van der Waals surface area contributed by atoms with Crippen LogP contribution in [0, 0.1) is 5.92 Å². The van der Waals surface area contributed by atoms with Crippen molar-refractivity contribution in [3.05, 3.63) is 35.7 Å². The zero-order chi connectivity index (χ0) is 23.7. The largest absolute Gasteiger partial charge is 0.494 e. The Morgan fingerprint density at radius 1 is 1.26 bits per heavy atom. The van der Waals surface area contributed by atoms with E-state index in [1.807, 2.05) is 18.2 Å². The van der Waals surface area contributed by atoms with Gasteiger partial charge < -0.3 is 9.47 Å². The zero-order valence-electron chi connectivity index (χ0n) is 18.9. The van der Waals surface area contributed by atoms with E-state index < -0.39 is 15.9 Å². The summed E-state index contributed by atoms with van der Waals surface area (Å²) in [6.45, 7) is 1.70. The number of hydrogen-bond donors (Lipinski definition) is 0. The molecule has 8 nitrogen and oxygen atoms in total. The number of thiophene rings is 1. The highest BCUT2D eigenvalue weighted by molar-refractivity contribution is 7.91. The Labute approximate surface area is 207 Å². The quantitative estimate of drug-likeness (QED) is 0.467. The summed E-state index contributed by atoms with van der Waals surface area (Å²) in [5.41, 5.74) is 0.723. The fraction of sp³-hybridized carbons (Fsp3) is 0.478. The lowest BCUT2D eigenvalue weighted by molar-refractivity contribution is -0.123. The van der Waals surface area contributed by atoms with Crippen molar-refractivity contribution in [2.24, 2.45) is 5.92 Å². The van der Waals surface area contributed by atoms with Crippen molar-refractivity contribution in [3.63, 3.8) is 0 Å². The Morgan fingerprint density at radius 2 is 2.15 bits per heavy atom. The van der Waals surface area contributed by atoms with Crippen molar-refractivity contribution < 1.29 is 22.7 Å². The second-order valence-corrected chi connectivity index (χ2v) is 12.6. The van der Waals surface area contributed by atoms with Crippen LogP contribution in [0.4, 0.5) is 5.13 Å². The molecule has 4 heterocycles. The number of thiazole rings is 1. The molecular weight excluding hydrogens is 494 g/mol. The number of nitrogens with zero attached hydrogens (tertiary/aromatic N) is 3. The second kappa shape index (κ2) is 9.90. The lowest BCUT2D eigenvalue weighted by Gasteiger charge is -2.34. The molecule has 182 valence electrons. The van der Waals surface area contributed by atoms with Crippen LogP contribution >= 0.6 is 22.7 Å². The number of hydrogen-bond acceptors (Lipinski definition) is 8. The molecule has 2 aliphatic heterocycles. The number of fused-ring (bicyclic) bond motifs is 1. The normalized spacial score (nSPS) is 21.7. The van der Waals surface area contributed by atoms with Crippen LogP contribution in [0.3, 0.4) is 0 Å². The third-order valence-corrected chi connectivity index (χ3v) is 10.6. The highest BCUT2D eigenvalue weighted by atomic mass is 32.2. The maximum absolute atomic E-state index is 13.9. The van der Waals surface area contributed by atoms with E-state index in [0.29, 0.717) is 47.6 Å². The summed E-state index contributed by atoms with van der Waals surface area (Å²) in [6, 6.07) is 9.07. The second-order valence-electron chi connectivity index (χ2n) is 8.52. The minimum atomic E-state index is -3.60. The smallest absolute Gasteiger partial charge is 0.252 e. The lowest BCUT2D eigenvalue weighted by atomic mass is 9.98. The van der Waals surface area contributed by atoms with Crippen molar-refractivity contribution in [2.75, 3.05) is 38.3 Å². The minimum Gasteiger partial charge on any atom is -0.494 e. The summed E-state index contributed by atoms with van der Waals surface area (Å²) in [7, 11) is -2.00. The van der Waals surface area contributed by atoms with Crippen molar-refractivity contribution in [2.45, 2.75) is 36.0 Å². The molecule has 11 heteroatoms. The molecule has 0 spiro atoms. The van der Waals surface area contributed by atoms with Gasteiger partial charge in [0.25, 0.3) is 10.0 Å². The first-order valence-electron chi connectivity index (χ1n) is 11.4. The van der Waals surface area contributed by atoms with Gasteiger partial charge in [0, 0.05) is 19.7 Å². The molecule has 2 fully saturated rings. The van der Waals surface area contributed by atoms with Crippen molar-refractivity contribution >= 4 is 54.0 Å². The number of methoxy groups -OCH3 is 1. The van der Waals surface area contributed by atoms with Gasteiger partial charge in [0.15, 0.2) is 5.13 Å². The fourth-order valence-corrected chi connectivity index (χ4v) is 8.23. The Morgan fingerprint density at radius 3 is 2.88 bits per heavy atom. The molecule has 1 aromatic carbocycles. The number of ether oxygens (including phenoxy) is 2. The van der Waals surface area contributed by atoms with Gasteiger partial charge in [0.05, 0.1) is 30.4 Å². The van der Waals surface area contributed by atoms with Gasteiger partial charge in [-0.05, 0) is 49.3 Å². The van der Waals surface area contributed by atoms with Crippen LogP contribution in [0.5, 0.6) is 5.75 Å². The van der Waals surface area contributed by atoms with Gasteiger partial charge in [-0.15, -0.1) is 11.3 Å². The molecule has 0 saturated carbocycles. The first-order chi connectivity index (χ1) is 16.5. The Balaban J connectivity index is 1.43. The first kappa shape index (κ1) is 23.7. The molecule has 3 aromatic rings. The molecule has 34 heavy (non-hydrogen) atoms. The van der Waals surface area contributed by atoms with Gasteiger partial charge in [0.1, 0.15) is 15.5 Å². The van der Waals surface area contributed by atoms with E-state index in [-0.39, 0.29) is 18.6 Å². The van der Waals surface area contributed by atoms with Gasteiger partial charge in [-0.1, -0.05) is 23.5 Å². The van der Waals surface area contributed by atoms with Crippen LogP contribution < -0.4 is 9.64 Å². The van der Waals surface area contributed by atoms with Crippen LogP contribution in [-0.2, 0) is 19.6 Å². The molecule has 0 aliphatic carbocycles. The third kappa shape index (κ3) is 4.59. The Bertz CT molecular complexity index is 1250. The molecule has 2 unspecified atom stereocenters. The summed E-state index contributed by atoms with van der Waals surface area (Å²) in [5, 5.41) is 2.35. The summed E-state index contributed by atoms with van der Waals surface area (Å²) >= 11 is 2.64. The number of sulfonamides is 1. The Hall–Kier alpha value is -2.05. The van der Waals surface area contributed by atoms with E-state index in [1.165, 1.54) is 27.0 Å². The molecular formula is C23H27N3O5S3. The molecule has 2 atom stereocenters. The minimum absolute atomic E-state index is 0.0487. The molecule has 0 radical (unpaired) electrons. The van der Waals surface area contributed by atoms with Crippen molar-refractivity contribution in [3.8, 4) is 5.75 Å². The van der Waals surface area contributed by atoms with Gasteiger partial charge in [-0.25, -0.2) is 13.4 Å². The van der Waals surface area contributed by atoms with E-state index in [9.17, 15) is 13.2 Å². The number of para-hydroxylation sites is 1. The number of anilines is 1. The van der Waals surface area contributed by atoms with E-state index in [0.717, 1.165) is 23.1 Å². The summed E-state index contributed by atoms with van der Waals surface area (Å²) < 4.78 is 40.2. The van der Waals surface area contributed by atoms with Gasteiger partial charge >= 0.3 is 0 Å². The molecule has 1 amide bonds. The molecule has 0 bridgehead atoms.